The Morgan fingerprint density at radius 2 is 1.43 bits per heavy atom. The molecule has 0 saturated heterocycles. The smallest absolute Gasteiger partial charge is 0.344 e. The second-order valence-electron chi connectivity index (χ2n) is 8.94. The Balaban J connectivity index is 2.74. The third-order valence-electron chi connectivity index (χ3n) is 4.38. The lowest BCUT2D eigenvalue weighted by Crippen LogP contribution is -2.22. The van der Waals surface area contributed by atoms with E-state index in [1.54, 1.807) is 6.07 Å². The fourth-order valence-electron chi connectivity index (χ4n) is 2.88. The Bertz CT molecular complexity index is 1110. The van der Waals surface area contributed by atoms with Crippen LogP contribution in [0, 0.1) is 10.7 Å². The molecule has 0 spiro atoms. The Hall–Kier alpha value is 0.0100. The maximum Gasteiger partial charge on any atom is 0.344 e. The Kier molecular flexibility index (Phi) is 7.97. The molecule has 0 unspecified atom stereocenters. The summed E-state index contributed by atoms with van der Waals surface area (Å²) in [6.45, 7) is 11.0. The second kappa shape index (κ2) is 9.10. The molecule has 5 nitrogen and oxygen atoms in total. The number of hydrogen-bond acceptors (Lipinski definition) is 5. The average molecular weight is 767 g/mol. The number of benzene rings is 2. The molecule has 0 aliphatic carbocycles. The van der Waals surface area contributed by atoms with Crippen LogP contribution >= 0.6 is 67.8 Å². The van der Waals surface area contributed by atoms with E-state index in [9.17, 15) is 17.8 Å². The standard InChI is InChI=1S/C21H23I3O5S/c1-20(2,3)13-10-17(30(26,27)28)14(21(4,5)6)9-16(13)29-19(25)12-7-11(22)8-15(23)18(12)24/h7-10H,1-6H3,(H,26,27,28)/p-1. The minimum absolute atomic E-state index is 0.259. The molecule has 0 aliphatic heterocycles. The van der Waals surface area contributed by atoms with Gasteiger partial charge in [0.15, 0.2) is 0 Å². The first-order valence-electron chi connectivity index (χ1n) is 8.94. The highest BCUT2D eigenvalue weighted by atomic mass is 127. The first-order chi connectivity index (χ1) is 13.4. The Morgan fingerprint density at radius 3 is 1.90 bits per heavy atom. The zero-order valence-electron chi connectivity index (χ0n) is 17.4. The molecule has 2 aromatic carbocycles. The topological polar surface area (TPSA) is 83.5 Å². The summed E-state index contributed by atoms with van der Waals surface area (Å²) in [5, 5.41) is 0. The van der Waals surface area contributed by atoms with Crippen molar-refractivity contribution in [3.8, 4) is 5.75 Å². The number of hydrogen-bond donors (Lipinski definition) is 0. The van der Waals surface area contributed by atoms with Gasteiger partial charge in [0.1, 0.15) is 15.9 Å². The van der Waals surface area contributed by atoms with E-state index in [-0.39, 0.29) is 10.6 Å². The van der Waals surface area contributed by atoms with Crippen molar-refractivity contribution in [2.24, 2.45) is 0 Å². The van der Waals surface area contributed by atoms with Gasteiger partial charge in [-0.1, -0.05) is 41.5 Å². The summed E-state index contributed by atoms with van der Waals surface area (Å²) in [5.41, 5.74) is 0.0347. The molecule has 0 atom stereocenters. The first-order valence-corrected chi connectivity index (χ1v) is 13.6. The van der Waals surface area contributed by atoms with Gasteiger partial charge in [-0.15, -0.1) is 0 Å². The van der Waals surface area contributed by atoms with E-state index < -0.39 is 26.9 Å². The quantitative estimate of drug-likeness (QED) is 0.122. The maximum absolute atomic E-state index is 13.0. The summed E-state index contributed by atoms with van der Waals surface area (Å²) in [5.74, 6) is -0.270. The fraction of sp³-hybridized carbons (Fsp3) is 0.381. The molecule has 0 heterocycles. The van der Waals surface area contributed by atoms with Crippen molar-refractivity contribution >= 4 is 83.9 Å². The van der Waals surface area contributed by atoms with Gasteiger partial charge in [-0.25, -0.2) is 13.2 Å². The predicted octanol–water partition coefficient (Wildman–Crippen LogP) is 6.22. The highest BCUT2D eigenvalue weighted by Gasteiger charge is 2.29. The number of rotatable bonds is 3. The highest BCUT2D eigenvalue weighted by molar-refractivity contribution is 14.1. The van der Waals surface area contributed by atoms with Crippen LogP contribution in [-0.4, -0.2) is 18.9 Å². The molecule has 0 bridgehead atoms. The van der Waals surface area contributed by atoms with Crippen LogP contribution in [0.5, 0.6) is 5.75 Å². The lowest BCUT2D eigenvalue weighted by molar-refractivity contribution is 0.0730. The number of halogens is 3. The molecule has 0 aliphatic rings. The fourth-order valence-corrected chi connectivity index (χ4v) is 6.16. The molecule has 0 aromatic heterocycles. The van der Waals surface area contributed by atoms with Crippen molar-refractivity contribution in [1.82, 2.24) is 0 Å². The van der Waals surface area contributed by atoms with Crippen molar-refractivity contribution in [2.75, 3.05) is 0 Å². The molecule has 164 valence electrons. The van der Waals surface area contributed by atoms with E-state index in [1.807, 2.05) is 47.6 Å². The molecule has 0 saturated carbocycles. The second-order valence-corrected chi connectivity index (χ2v) is 13.8. The Labute approximate surface area is 218 Å². The van der Waals surface area contributed by atoms with Crippen molar-refractivity contribution in [3.63, 3.8) is 0 Å². The number of ether oxygens (including phenoxy) is 1. The highest BCUT2D eigenvalue weighted by Crippen LogP contribution is 2.40. The van der Waals surface area contributed by atoms with Crippen LogP contribution in [0.25, 0.3) is 0 Å². The largest absolute Gasteiger partial charge is 0.744 e. The first kappa shape index (κ1) is 26.3. The van der Waals surface area contributed by atoms with Gasteiger partial charge in [0, 0.05) is 16.3 Å². The van der Waals surface area contributed by atoms with E-state index in [0.717, 1.165) is 10.7 Å². The Morgan fingerprint density at radius 1 is 0.900 bits per heavy atom. The van der Waals surface area contributed by atoms with Crippen LogP contribution in [0.2, 0.25) is 0 Å². The van der Waals surface area contributed by atoms with Crippen LogP contribution < -0.4 is 4.74 Å². The van der Waals surface area contributed by atoms with Gasteiger partial charge in [0.25, 0.3) is 0 Å². The molecule has 0 amide bonds. The van der Waals surface area contributed by atoms with E-state index in [0.29, 0.717) is 16.7 Å². The van der Waals surface area contributed by atoms with Gasteiger partial charge in [0.2, 0.25) is 0 Å². The molecular weight excluding hydrogens is 745 g/mol. The summed E-state index contributed by atoms with van der Waals surface area (Å²) in [4.78, 5) is 12.8. The van der Waals surface area contributed by atoms with Gasteiger partial charge < -0.3 is 9.29 Å². The summed E-state index contributed by atoms with van der Waals surface area (Å²) < 4.78 is 44.4. The van der Waals surface area contributed by atoms with Crippen LogP contribution in [-0.2, 0) is 20.9 Å². The molecule has 9 heteroatoms. The SMILES string of the molecule is CC(C)(C)c1cc(S(=O)(=O)[O-])c(C(C)(C)C)cc1OC(=O)c1cc(I)cc(I)c1I. The third-order valence-corrected chi connectivity index (χ3v) is 8.93. The van der Waals surface area contributed by atoms with Crippen molar-refractivity contribution in [2.45, 2.75) is 57.3 Å². The predicted molar refractivity (Wildman–Crippen MR) is 141 cm³/mol. The summed E-state index contributed by atoms with van der Waals surface area (Å²) in [7, 11) is -4.71. The van der Waals surface area contributed by atoms with Gasteiger partial charge in [-0.2, -0.15) is 0 Å². The molecule has 0 fully saturated rings. The van der Waals surface area contributed by atoms with Gasteiger partial charge >= 0.3 is 5.97 Å². The molecule has 2 aromatic rings. The molecule has 2 rings (SSSR count). The minimum atomic E-state index is -4.71. The van der Waals surface area contributed by atoms with Gasteiger partial charge in [-0.05, 0) is 108 Å². The molecule has 0 radical (unpaired) electrons. The molecular formula is C21H22I3O5S-. The summed E-state index contributed by atoms with van der Waals surface area (Å²) in [6.07, 6.45) is 0. The number of esters is 1. The van der Waals surface area contributed by atoms with E-state index in [4.69, 9.17) is 4.74 Å². The minimum Gasteiger partial charge on any atom is -0.744 e. The van der Waals surface area contributed by atoms with Crippen molar-refractivity contribution in [3.05, 3.63) is 51.7 Å². The van der Waals surface area contributed by atoms with E-state index >= 15 is 0 Å². The normalized spacial score (nSPS) is 12.7. The zero-order valence-corrected chi connectivity index (χ0v) is 24.7. The maximum atomic E-state index is 13.0. The zero-order chi connectivity index (χ0) is 23.2. The van der Waals surface area contributed by atoms with Gasteiger partial charge in [0.05, 0.1) is 10.5 Å². The van der Waals surface area contributed by atoms with Gasteiger partial charge in [-0.3, -0.25) is 0 Å². The third kappa shape index (κ3) is 6.07. The van der Waals surface area contributed by atoms with Crippen LogP contribution in [0.3, 0.4) is 0 Å². The number of carbonyl (C=O) groups is 1. The van der Waals surface area contributed by atoms with Crippen LogP contribution in [0.1, 0.15) is 63.0 Å². The number of carbonyl (C=O) groups excluding carboxylic acids is 1. The monoisotopic (exact) mass is 767 g/mol. The lowest BCUT2D eigenvalue weighted by Gasteiger charge is -2.29. The van der Waals surface area contributed by atoms with E-state index in [1.165, 1.54) is 12.1 Å². The molecule has 30 heavy (non-hydrogen) atoms. The van der Waals surface area contributed by atoms with Crippen molar-refractivity contribution in [1.29, 1.82) is 0 Å². The van der Waals surface area contributed by atoms with E-state index in [2.05, 4.69) is 67.8 Å². The molecule has 0 N–H and O–H groups in total. The summed E-state index contributed by atoms with van der Waals surface area (Å²) >= 11 is 6.42. The van der Waals surface area contributed by atoms with Crippen LogP contribution in [0.15, 0.2) is 29.2 Å². The average Bonchev–Trinajstić information content (AvgIpc) is 2.54. The summed E-state index contributed by atoms with van der Waals surface area (Å²) in [6, 6.07) is 6.60. The lowest BCUT2D eigenvalue weighted by atomic mass is 9.81. The van der Waals surface area contributed by atoms with Crippen LogP contribution in [0.4, 0.5) is 0 Å². The van der Waals surface area contributed by atoms with Crippen molar-refractivity contribution < 1.29 is 22.5 Å².